The van der Waals surface area contributed by atoms with E-state index >= 15 is 0 Å². The molecule has 24 heavy (non-hydrogen) atoms. The summed E-state index contributed by atoms with van der Waals surface area (Å²) in [7, 11) is 1.65. The molecule has 4 heterocycles. The number of rotatable bonds is 1. The number of likely N-dealkylation sites (N-methyl/N-ethyl adjacent to an activating group) is 1. The summed E-state index contributed by atoms with van der Waals surface area (Å²) in [6.45, 7) is 0.166. The smallest absolute Gasteiger partial charge is 0.260 e. The van der Waals surface area contributed by atoms with Crippen LogP contribution in [0, 0.1) is 17.2 Å². The summed E-state index contributed by atoms with van der Waals surface area (Å²) >= 11 is 1.36. The van der Waals surface area contributed by atoms with Crippen LogP contribution >= 0.6 is 11.8 Å². The van der Waals surface area contributed by atoms with Crippen LogP contribution in [0.15, 0.2) is 18.2 Å². The Kier molecular flexibility index (Phi) is 2.54. The molecule has 4 unspecified atom stereocenters. The number of carbonyl (C=O) groups is 2. The average molecular weight is 343 g/mol. The standard InChI is InChI=1S/C16H13N3O4S/c1-18-14-13(20)19-12(8-2-3-10-11(4-8)23-7-22-10)9(6-17)5-16(19,24-14)15(18)21/h2-4,9,12,14H,5,7H2,1H3. The summed E-state index contributed by atoms with van der Waals surface area (Å²) in [5, 5.41) is 9.15. The van der Waals surface area contributed by atoms with Gasteiger partial charge in [-0.2, -0.15) is 5.26 Å². The van der Waals surface area contributed by atoms with E-state index in [0.717, 1.165) is 5.56 Å². The fourth-order valence-corrected chi connectivity index (χ4v) is 5.82. The van der Waals surface area contributed by atoms with E-state index < -0.39 is 22.2 Å². The first-order valence-corrected chi connectivity index (χ1v) is 8.52. The Morgan fingerprint density at radius 2 is 2.12 bits per heavy atom. The third-order valence-corrected chi connectivity index (χ3v) is 6.88. The largest absolute Gasteiger partial charge is 0.454 e. The van der Waals surface area contributed by atoms with Crippen LogP contribution < -0.4 is 9.47 Å². The van der Waals surface area contributed by atoms with Gasteiger partial charge in [0.1, 0.15) is 0 Å². The molecule has 4 aliphatic heterocycles. The van der Waals surface area contributed by atoms with Crippen molar-refractivity contribution in [2.24, 2.45) is 5.92 Å². The van der Waals surface area contributed by atoms with E-state index in [4.69, 9.17) is 9.47 Å². The Hall–Kier alpha value is -2.40. The van der Waals surface area contributed by atoms with Gasteiger partial charge < -0.3 is 19.3 Å². The second kappa shape index (κ2) is 4.36. The van der Waals surface area contributed by atoms with Gasteiger partial charge in [-0.05, 0) is 17.7 Å². The van der Waals surface area contributed by atoms with Crippen molar-refractivity contribution in [3.63, 3.8) is 0 Å². The predicted octanol–water partition coefficient (Wildman–Crippen LogP) is 1.07. The van der Waals surface area contributed by atoms with Crippen molar-refractivity contribution >= 4 is 23.6 Å². The zero-order valence-electron chi connectivity index (χ0n) is 12.8. The molecule has 1 spiro atoms. The van der Waals surface area contributed by atoms with Gasteiger partial charge in [0.2, 0.25) is 6.79 Å². The lowest BCUT2D eigenvalue weighted by atomic mass is 9.94. The van der Waals surface area contributed by atoms with E-state index in [1.165, 1.54) is 16.7 Å². The molecule has 0 radical (unpaired) electrons. The number of carbonyl (C=O) groups excluding carboxylic acids is 2. The number of nitriles is 1. The van der Waals surface area contributed by atoms with Crippen LogP contribution in [0.25, 0.3) is 0 Å². The van der Waals surface area contributed by atoms with Crippen LogP contribution in [-0.4, -0.2) is 45.7 Å². The molecule has 8 heteroatoms. The zero-order valence-corrected chi connectivity index (χ0v) is 13.6. The molecule has 0 N–H and O–H groups in total. The first-order chi connectivity index (χ1) is 11.6. The van der Waals surface area contributed by atoms with Gasteiger partial charge in [-0.1, -0.05) is 17.8 Å². The molecule has 7 nitrogen and oxygen atoms in total. The molecule has 3 fully saturated rings. The van der Waals surface area contributed by atoms with Gasteiger partial charge in [-0.15, -0.1) is 0 Å². The number of amides is 2. The van der Waals surface area contributed by atoms with E-state index in [0.29, 0.717) is 17.9 Å². The highest BCUT2D eigenvalue weighted by Gasteiger charge is 2.72. The minimum absolute atomic E-state index is 0.0828. The molecule has 4 aliphatic rings. The molecular weight excluding hydrogens is 330 g/mol. The van der Waals surface area contributed by atoms with E-state index in [2.05, 4.69) is 6.07 Å². The number of fused-ring (bicyclic) bond motifs is 2. The molecule has 2 bridgehead atoms. The average Bonchev–Trinajstić information content (AvgIpc) is 3.29. The summed E-state index contributed by atoms with van der Waals surface area (Å²) in [6, 6.07) is 7.30. The third kappa shape index (κ3) is 1.44. The molecule has 0 aliphatic carbocycles. The van der Waals surface area contributed by atoms with Crippen molar-refractivity contribution in [3.8, 4) is 17.6 Å². The molecule has 1 aromatic rings. The summed E-state index contributed by atoms with van der Waals surface area (Å²) < 4.78 is 10.7. The van der Waals surface area contributed by atoms with Crippen LogP contribution in [0.5, 0.6) is 11.5 Å². The highest BCUT2D eigenvalue weighted by molar-refractivity contribution is 8.03. The number of nitrogens with zero attached hydrogens (tertiary/aromatic N) is 3. The fourth-order valence-electron chi connectivity index (χ4n) is 4.15. The van der Waals surface area contributed by atoms with Crippen LogP contribution in [0.2, 0.25) is 0 Å². The number of hydrogen-bond donors (Lipinski definition) is 0. The van der Waals surface area contributed by atoms with Gasteiger partial charge in [0, 0.05) is 13.5 Å². The van der Waals surface area contributed by atoms with Gasteiger partial charge in [-0.3, -0.25) is 9.59 Å². The highest BCUT2D eigenvalue weighted by atomic mass is 32.2. The summed E-state index contributed by atoms with van der Waals surface area (Å²) in [5.41, 5.74) is 0.805. The predicted molar refractivity (Wildman–Crippen MR) is 82.8 cm³/mol. The Bertz CT molecular complexity index is 837. The number of ether oxygens (including phenoxy) is 2. The highest BCUT2D eigenvalue weighted by Crippen LogP contribution is 2.62. The first kappa shape index (κ1) is 14.0. The summed E-state index contributed by atoms with van der Waals surface area (Å²) in [4.78, 5) is 27.7. The molecular formula is C16H13N3O4S. The number of piperazine rings is 1. The second-order valence-corrected chi connectivity index (χ2v) is 7.73. The van der Waals surface area contributed by atoms with Crippen molar-refractivity contribution in [2.45, 2.75) is 22.7 Å². The molecule has 122 valence electrons. The number of benzene rings is 1. The quantitative estimate of drug-likeness (QED) is 0.758. The maximum Gasteiger partial charge on any atom is 0.260 e. The molecule has 3 saturated heterocycles. The van der Waals surface area contributed by atoms with Crippen LogP contribution in [0.3, 0.4) is 0 Å². The third-order valence-electron chi connectivity index (χ3n) is 5.21. The van der Waals surface area contributed by atoms with E-state index in [1.54, 1.807) is 18.0 Å². The fraction of sp³-hybridized carbons (Fsp3) is 0.438. The van der Waals surface area contributed by atoms with Gasteiger partial charge in [-0.25, -0.2) is 0 Å². The minimum Gasteiger partial charge on any atom is -0.454 e. The van der Waals surface area contributed by atoms with Crippen LogP contribution in [-0.2, 0) is 9.59 Å². The normalized spacial score (nSPS) is 35.6. The molecule has 0 saturated carbocycles. The van der Waals surface area contributed by atoms with Gasteiger partial charge >= 0.3 is 0 Å². The molecule has 4 atom stereocenters. The zero-order chi connectivity index (χ0) is 16.6. The Morgan fingerprint density at radius 1 is 1.33 bits per heavy atom. The second-order valence-electron chi connectivity index (χ2n) is 6.38. The van der Waals surface area contributed by atoms with Gasteiger partial charge in [0.15, 0.2) is 21.7 Å². The number of thioether (sulfide) groups is 1. The van der Waals surface area contributed by atoms with Crippen molar-refractivity contribution in [1.82, 2.24) is 9.80 Å². The van der Waals surface area contributed by atoms with Crippen molar-refractivity contribution < 1.29 is 19.1 Å². The van der Waals surface area contributed by atoms with E-state index in [-0.39, 0.29) is 18.6 Å². The monoisotopic (exact) mass is 343 g/mol. The molecule has 2 amide bonds. The van der Waals surface area contributed by atoms with E-state index in [1.807, 2.05) is 12.1 Å². The lowest BCUT2D eigenvalue weighted by Gasteiger charge is -2.36. The Morgan fingerprint density at radius 3 is 2.92 bits per heavy atom. The van der Waals surface area contributed by atoms with Crippen molar-refractivity contribution in [2.75, 3.05) is 13.8 Å². The Balaban J connectivity index is 1.63. The maximum atomic E-state index is 12.8. The van der Waals surface area contributed by atoms with Crippen molar-refractivity contribution in [1.29, 1.82) is 5.26 Å². The molecule has 0 aromatic heterocycles. The van der Waals surface area contributed by atoms with Gasteiger partial charge in [0.25, 0.3) is 11.8 Å². The molecule has 1 aromatic carbocycles. The Labute approximate surface area is 142 Å². The minimum atomic E-state index is -0.933. The molecule has 5 rings (SSSR count). The lowest BCUT2D eigenvalue weighted by molar-refractivity contribution is -0.154. The maximum absolute atomic E-state index is 12.8. The summed E-state index contributed by atoms with van der Waals surface area (Å²) in [6.07, 6.45) is 0.360. The first-order valence-electron chi connectivity index (χ1n) is 7.64. The van der Waals surface area contributed by atoms with Crippen LogP contribution in [0.4, 0.5) is 0 Å². The SMILES string of the molecule is CN1C(=O)C23CC(C#N)C(c4ccc5c(c4)OCO5)N2C(=O)C1S3. The van der Waals surface area contributed by atoms with E-state index in [9.17, 15) is 14.9 Å². The number of hydrogen-bond acceptors (Lipinski definition) is 6. The van der Waals surface area contributed by atoms with Crippen molar-refractivity contribution in [3.05, 3.63) is 23.8 Å². The van der Waals surface area contributed by atoms with Gasteiger partial charge in [0.05, 0.1) is 18.0 Å². The lowest BCUT2D eigenvalue weighted by Crippen LogP contribution is -2.56. The van der Waals surface area contributed by atoms with Crippen LogP contribution in [0.1, 0.15) is 18.0 Å². The summed E-state index contributed by atoms with van der Waals surface area (Å²) in [5.74, 6) is 0.652. The topological polar surface area (TPSA) is 82.9 Å².